The summed E-state index contributed by atoms with van der Waals surface area (Å²) in [4.78, 5) is 33.6. The minimum atomic E-state index is -0.0560. The van der Waals surface area contributed by atoms with Crippen LogP contribution in [-0.2, 0) is 16.0 Å². The number of carbonyl (C=O) groups is 2. The van der Waals surface area contributed by atoms with E-state index in [0.717, 1.165) is 54.3 Å². The monoisotopic (exact) mass is 411 g/mol. The molecule has 2 amide bonds. The number of rotatable bonds is 4. The van der Waals surface area contributed by atoms with Crippen LogP contribution in [0.25, 0.3) is 11.3 Å². The van der Waals surface area contributed by atoms with Crippen LogP contribution in [0.1, 0.15) is 51.5 Å². The molecule has 1 aromatic carbocycles. The molecular formula is C23H29N3O2S. The molecule has 29 heavy (non-hydrogen) atoms. The number of hydrogen-bond acceptors (Lipinski definition) is 4. The van der Waals surface area contributed by atoms with Gasteiger partial charge in [0.15, 0.2) is 5.13 Å². The van der Waals surface area contributed by atoms with E-state index >= 15 is 0 Å². The first-order valence-corrected chi connectivity index (χ1v) is 11.5. The van der Waals surface area contributed by atoms with Crippen LogP contribution in [0.15, 0.2) is 23.6 Å². The molecule has 1 aliphatic carbocycles. The Hall–Kier alpha value is -2.21. The maximum Gasteiger partial charge on any atom is 0.231 e. The number of amides is 2. The predicted octanol–water partition coefficient (Wildman–Crippen LogP) is 4.90. The lowest BCUT2D eigenvalue weighted by Gasteiger charge is -2.31. The Labute approximate surface area is 176 Å². The molecule has 0 bridgehead atoms. The van der Waals surface area contributed by atoms with E-state index in [0.29, 0.717) is 5.91 Å². The molecule has 0 spiro atoms. The van der Waals surface area contributed by atoms with Gasteiger partial charge in [0.1, 0.15) is 0 Å². The Morgan fingerprint density at radius 1 is 1.21 bits per heavy atom. The average molecular weight is 412 g/mol. The summed E-state index contributed by atoms with van der Waals surface area (Å²) in [7, 11) is 1.78. The smallest absolute Gasteiger partial charge is 0.231 e. The van der Waals surface area contributed by atoms with E-state index in [1.807, 2.05) is 24.1 Å². The van der Waals surface area contributed by atoms with Crippen LogP contribution >= 0.6 is 11.3 Å². The van der Waals surface area contributed by atoms with Crippen LogP contribution < -0.4 is 9.80 Å². The summed E-state index contributed by atoms with van der Waals surface area (Å²) >= 11 is 1.49. The van der Waals surface area contributed by atoms with Gasteiger partial charge in [-0.3, -0.25) is 14.5 Å². The number of anilines is 2. The summed E-state index contributed by atoms with van der Waals surface area (Å²) in [6, 6.07) is 6.31. The Bertz CT molecular complexity index is 915. The molecule has 0 unspecified atom stereocenters. The van der Waals surface area contributed by atoms with Crippen molar-refractivity contribution in [3.8, 4) is 11.3 Å². The van der Waals surface area contributed by atoms with E-state index in [9.17, 15) is 9.59 Å². The first kappa shape index (κ1) is 20.1. The quantitative estimate of drug-likeness (QED) is 0.719. The van der Waals surface area contributed by atoms with Gasteiger partial charge in [0.25, 0.3) is 0 Å². The minimum absolute atomic E-state index is 0.0560. The molecule has 2 aliphatic rings. The lowest BCUT2D eigenvalue weighted by Crippen LogP contribution is -2.39. The third-order valence-corrected chi connectivity index (χ3v) is 6.98. The van der Waals surface area contributed by atoms with E-state index in [4.69, 9.17) is 4.98 Å². The molecule has 5 nitrogen and oxygen atoms in total. The van der Waals surface area contributed by atoms with Crippen LogP contribution in [0, 0.1) is 11.8 Å². The Balaban J connectivity index is 1.57. The highest BCUT2D eigenvalue weighted by atomic mass is 32.1. The lowest BCUT2D eigenvalue weighted by molar-refractivity contribution is -0.122. The molecule has 1 aromatic heterocycles. The highest BCUT2D eigenvalue weighted by molar-refractivity contribution is 7.14. The number of fused-ring (bicyclic) bond motifs is 1. The predicted molar refractivity (Wildman–Crippen MR) is 118 cm³/mol. The van der Waals surface area contributed by atoms with Crippen molar-refractivity contribution < 1.29 is 9.59 Å². The molecule has 6 heteroatoms. The first-order chi connectivity index (χ1) is 14.0. The standard InChI is InChI=1S/C23H29N3O2S/c1-15(2)21(27)25(3)23-24-19(14-29-23)17-10-11-20-18(13-17)9-6-12-26(20)22(28)16-7-4-5-8-16/h10-11,13-16H,4-9,12H2,1-3H3. The number of hydrogen-bond donors (Lipinski definition) is 0. The summed E-state index contributed by atoms with van der Waals surface area (Å²) in [6.07, 6.45) is 6.41. The summed E-state index contributed by atoms with van der Waals surface area (Å²) in [5.74, 6) is 0.522. The van der Waals surface area contributed by atoms with Gasteiger partial charge in [-0.1, -0.05) is 32.8 Å². The van der Waals surface area contributed by atoms with Gasteiger partial charge in [-0.25, -0.2) is 4.98 Å². The van der Waals surface area contributed by atoms with E-state index in [1.54, 1.807) is 11.9 Å². The number of carbonyl (C=O) groups excluding carboxylic acids is 2. The summed E-state index contributed by atoms with van der Waals surface area (Å²) < 4.78 is 0. The molecule has 2 aromatic rings. The van der Waals surface area contributed by atoms with Crippen molar-refractivity contribution in [2.45, 2.75) is 52.4 Å². The summed E-state index contributed by atoms with van der Waals surface area (Å²) in [5, 5.41) is 2.72. The zero-order valence-corrected chi connectivity index (χ0v) is 18.3. The number of thiazole rings is 1. The Kier molecular flexibility index (Phi) is 5.72. The number of aryl methyl sites for hydroxylation is 1. The van der Waals surface area contributed by atoms with Gasteiger partial charge in [0, 0.05) is 42.1 Å². The summed E-state index contributed by atoms with van der Waals surface area (Å²) in [5.41, 5.74) is 4.22. The highest BCUT2D eigenvalue weighted by Crippen LogP contribution is 2.36. The number of aromatic nitrogens is 1. The normalized spacial score (nSPS) is 16.9. The van der Waals surface area contributed by atoms with Crippen LogP contribution in [0.3, 0.4) is 0 Å². The Morgan fingerprint density at radius 3 is 2.69 bits per heavy atom. The van der Waals surface area contributed by atoms with Crippen molar-refractivity contribution >= 4 is 34.0 Å². The van der Waals surface area contributed by atoms with Crippen LogP contribution in [0.5, 0.6) is 0 Å². The molecule has 1 saturated carbocycles. The molecule has 0 atom stereocenters. The van der Waals surface area contributed by atoms with Crippen molar-refractivity contribution in [2.75, 3.05) is 23.4 Å². The fourth-order valence-corrected chi connectivity index (χ4v) is 5.22. The zero-order valence-electron chi connectivity index (χ0n) is 17.5. The van der Waals surface area contributed by atoms with E-state index < -0.39 is 0 Å². The maximum atomic E-state index is 13.0. The lowest BCUT2D eigenvalue weighted by atomic mass is 9.96. The molecular weight excluding hydrogens is 382 g/mol. The zero-order chi connectivity index (χ0) is 20.5. The van der Waals surface area contributed by atoms with Crippen molar-refractivity contribution in [2.24, 2.45) is 11.8 Å². The van der Waals surface area contributed by atoms with Gasteiger partial charge in [-0.15, -0.1) is 11.3 Å². The van der Waals surface area contributed by atoms with Gasteiger partial charge in [-0.2, -0.15) is 0 Å². The number of benzene rings is 1. The van der Waals surface area contributed by atoms with E-state index in [2.05, 4.69) is 18.2 Å². The fourth-order valence-electron chi connectivity index (χ4n) is 4.41. The number of nitrogens with zero attached hydrogens (tertiary/aromatic N) is 3. The van der Waals surface area contributed by atoms with Crippen LogP contribution in [0.2, 0.25) is 0 Å². The second-order valence-electron chi connectivity index (χ2n) is 8.49. The molecule has 0 N–H and O–H groups in total. The largest absolute Gasteiger partial charge is 0.312 e. The van der Waals surface area contributed by atoms with Crippen molar-refractivity contribution in [3.05, 3.63) is 29.1 Å². The third-order valence-electron chi connectivity index (χ3n) is 6.07. The van der Waals surface area contributed by atoms with Gasteiger partial charge in [-0.05, 0) is 43.4 Å². The molecule has 0 saturated heterocycles. The summed E-state index contributed by atoms with van der Waals surface area (Å²) in [6.45, 7) is 4.62. The van der Waals surface area contributed by atoms with Crippen molar-refractivity contribution in [1.82, 2.24) is 4.98 Å². The average Bonchev–Trinajstić information content (AvgIpc) is 3.43. The minimum Gasteiger partial charge on any atom is -0.312 e. The first-order valence-electron chi connectivity index (χ1n) is 10.6. The van der Waals surface area contributed by atoms with Gasteiger partial charge in [0.2, 0.25) is 11.8 Å². The molecule has 2 heterocycles. The molecule has 1 fully saturated rings. The molecule has 1 aliphatic heterocycles. The van der Waals surface area contributed by atoms with Gasteiger partial charge in [0.05, 0.1) is 5.69 Å². The van der Waals surface area contributed by atoms with Gasteiger partial charge < -0.3 is 4.90 Å². The molecule has 0 radical (unpaired) electrons. The van der Waals surface area contributed by atoms with Gasteiger partial charge >= 0.3 is 0 Å². The third kappa shape index (κ3) is 3.95. The highest BCUT2D eigenvalue weighted by Gasteiger charge is 2.30. The topological polar surface area (TPSA) is 53.5 Å². The van der Waals surface area contributed by atoms with Crippen molar-refractivity contribution in [1.29, 1.82) is 0 Å². The van der Waals surface area contributed by atoms with Crippen LogP contribution in [-0.4, -0.2) is 30.4 Å². The second kappa shape index (κ2) is 8.27. The van der Waals surface area contributed by atoms with E-state index in [1.165, 1.54) is 29.7 Å². The SMILES string of the molecule is CC(C)C(=O)N(C)c1nc(-c2ccc3c(c2)CCCN3C(=O)C2CCCC2)cs1. The maximum absolute atomic E-state index is 13.0. The van der Waals surface area contributed by atoms with E-state index in [-0.39, 0.29) is 17.7 Å². The Morgan fingerprint density at radius 2 is 1.97 bits per heavy atom. The van der Waals surface area contributed by atoms with Crippen LogP contribution in [0.4, 0.5) is 10.8 Å². The molecule has 154 valence electrons. The van der Waals surface area contributed by atoms with Crippen molar-refractivity contribution in [3.63, 3.8) is 0 Å². The molecule has 4 rings (SSSR count). The fraction of sp³-hybridized carbons (Fsp3) is 0.522. The second-order valence-corrected chi connectivity index (χ2v) is 9.32.